The molecule has 2 rings (SSSR count). The number of hydrogen-bond donors (Lipinski definition) is 2. The first-order valence-corrected chi connectivity index (χ1v) is 8.38. The number of halogens is 1. The zero-order chi connectivity index (χ0) is 15.6. The fourth-order valence-electron chi connectivity index (χ4n) is 2.72. The highest BCUT2D eigenvalue weighted by atomic mass is 79.9. The fourth-order valence-corrected chi connectivity index (χ4v) is 3.33. The predicted molar refractivity (Wildman–Crippen MR) is 90.4 cm³/mol. The van der Waals surface area contributed by atoms with Crippen LogP contribution in [0, 0.1) is 0 Å². The lowest BCUT2D eigenvalue weighted by molar-refractivity contribution is -0.124. The highest BCUT2D eigenvalue weighted by Gasteiger charge is 2.33. The van der Waals surface area contributed by atoms with Crippen LogP contribution >= 0.6 is 15.9 Å². The molecule has 0 saturated heterocycles. The Bertz CT molecular complexity index is 504. The third-order valence-electron chi connectivity index (χ3n) is 3.86. The maximum atomic E-state index is 12.1. The minimum atomic E-state index is -0.177. The number of hydrogen-bond acceptors (Lipinski definition) is 2. The van der Waals surface area contributed by atoms with Gasteiger partial charge in [0.05, 0.1) is 6.04 Å². The molecule has 1 amide bonds. The zero-order valence-electron chi connectivity index (χ0n) is 13.2. The monoisotopic (exact) mass is 352 g/mol. The summed E-state index contributed by atoms with van der Waals surface area (Å²) in [5.74, 6) is 0.669. The summed E-state index contributed by atoms with van der Waals surface area (Å²) in [6.07, 6.45) is 2.19. The van der Waals surface area contributed by atoms with E-state index in [0.29, 0.717) is 12.0 Å². The Kier molecular flexibility index (Phi) is 5.10. The van der Waals surface area contributed by atoms with Gasteiger partial charge >= 0.3 is 0 Å². The van der Waals surface area contributed by atoms with Crippen LogP contribution < -0.4 is 10.6 Å². The Morgan fingerprint density at radius 3 is 2.48 bits per heavy atom. The molecule has 2 N–H and O–H groups in total. The van der Waals surface area contributed by atoms with Gasteiger partial charge < -0.3 is 10.6 Å². The molecule has 0 radical (unpaired) electrons. The Morgan fingerprint density at radius 2 is 1.90 bits per heavy atom. The number of benzene rings is 1. The first-order valence-electron chi connectivity index (χ1n) is 7.59. The molecule has 1 unspecified atom stereocenters. The lowest BCUT2D eigenvalue weighted by atomic mass is 9.75. The molecule has 1 aliphatic rings. The zero-order valence-corrected chi connectivity index (χ0v) is 14.8. The molecule has 0 heterocycles. The van der Waals surface area contributed by atoms with Crippen LogP contribution in [-0.4, -0.2) is 23.5 Å². The molecule has 1 aromatic carbocycles. The van der Waals surface area contributed by atoms with Gasteiger partial charge in [0.15, 0.2) is 0 Å². The summed E-state index contributed by atoms with van der Waals surface area (Å²) in [5.41, 5.74) is 1.20. The minimum absolute atomic E-state index is 0.0758. The molecule has 3 nitrogen and oxygen atoms in total. The standard InChI is InChI=1S/C17H25BrN2O/c1-11(16(21)20-17(2,3)4)19-13-9-12(10-13)14-7-5-6-8-15(14)18/h5-8,11-13,19H,9-10H2,1-4H3,(H,20,21). The molecule has 4 heteroatoms. The van der Waals surface area contributed by atoms with E-state index in [9.17, 15) is 4.79 Å². The average molecular weight is 353 g/mol. The lowest BCUT2D eigenvalue weighted by Crippen LogP contribution is -2.54. The van der Waals surface area contributed by atoms with Crippen molar-refractivity contribution in [2.24, 2.45) is 0 Å². The van der Waals surface area contributed by atoms with Crippen LogP contribution in [0.25, 0.3) is 0 Å². The van der Waals surface area contributed by atoms with E-state index in [2.05, 4.69) is 44.8 Å². The molecule has 0 aromatic heterocycles. The van der Waals surface area contributed by atoms with E-state index in [-0.39, 0.29) is 17.5 Å². The van der Waals surface area contributed by atoms with Crippen molar-refractivity contribution in [1.82, 2.24) is 10.6 Å². The summed E-state index contributed by atoms with van der Waals surface area (Å²) in [7, 11) is 0. The summed E-state index contributed by atoms with van der Waals surface area (Å²) in [6, 6.07) is 8.69. The number of rotatable bonds is 4. The number of nitrogens with one attached hydrogen (secondary N) is 2. The van der Waals surface area contributed by atoms with Crippen molar-refractivity contribution in [3.63, 3.8) is 0 Å². The minimum Gasteiger partial charge on any atom is -0.350 e. The molecule has 116 valence electrons. The van der Waals surface area contributed by atoms with Crippen LogP contribution in [0.3, 0.4) is 0 Å². The normalized spacial score (nSPS) is 23.3. The molecule has 1 aliphatic carbocycles. The van der Waals surface area contributed by atoms with E-state index in [1.165, 1.54) is 10.0 Å². The summed E-state index contributed by atoms with van der Waals surface area (Å²) >= 11 is 3.61. The van der Waals surface area contributed by atoms with E-state index in [1.54, 1.807) is 0 Å². The van der Waals surface area contributed by atoms with Gasteiger partial charge in [-0.05, 0) is 58.1 Å². The molecule has 1 atom stereocenters. The van der Waals surface area contributed by atoms with Crippen LogP contribution in [0.2, 0.25) is 0 Å². The van der Waals surface area contributed by atoms with E-state index in [4.69, 9.17) is 0 Å². The molecular formula is C17H25BrN2O. The largest absolute Gasteiger partial charge is 0.350 e. The smallest absolute Gasteiger partial charge is 0.237 e. The van der Waals surface area contributed by atoms with Gasteiger partial charge in [-0.2, -0.15) is 0 Å². The number of amides is 1. The molecule has 0 aliphatic heterocycles. The van der Waals surface area contributed by atoms with Crippen molar-refractivity contribution in [3.8, 4) is 0 Å². The highest BCUT2D eigenvalue weighted by molar-refractivity contribution is 9.10. The number of carbonyl (C=O) groups excluding carboxylic acids is 1. The van der Waals surface area contributed by atoms with Gasteiger partial charge in [0.2, 0.25) is 5.91 Å². The van der Waals surface area contributed by atoms with Gasteiger partial charge in [0.25, 0.3) is 0 Å². The second-order valence-corrected chi connectivity index (χ2v) is 7.87. The molecule has 1 fully saturated rings. The molecule has 1 saturated carbocycles. The van der Waals surface area contributed by atoms with Crippen molar-refractivity contribution in [3.05, 3.63) is 34.3 Å². The third-order valence-corrected chi connectivity index (χ3v) is 4.58. The maximum Gasteiger partial charge on any atom is 0.237 e. The van der Waals surface area contributed by atoms with Crippen molar-refractivity contribution in [2.45, 2.75) is 64.1 Å². The Balaban J connectivity index is 1.80. The Morgan fingerprint density at radius 1 is 1.29 bits per heavy atom. The van der Waals surface area contributed by atoms with E-state index in [0.717, 1.165) is 12.8 Å². The molecule has 0 spiro atoms. The second kappa shape index (κ2) is 6.49. The van der Waals surface area contributed by atoms with Crippen LogP contribution in [-0.2, 0) is 4.79 Å². The maximum absolute atomic E-state index is 12.1. The third kappa shape index (κ3) is 4.55. The molecule has 1 aromatic rings. The average Bonchev–Trinajstić information content (AvgIpc) is 2.32. The fraction of sp³-hybridized carbons (Fsp3) is 0.588. The first-order chi connectivity index (χ1) is 9.76. The van der Waals surface area contributed by atoms with E-state index < -0.39 is 0 Å². The van der Waals surface area contributed by atoms with Gasteiger partial charge in [0, 0.05) is 16.1 Å². The quantitative estimate of drug-likeness (QED) is 0.869. The molecule has 21 heavy (non-hydrogen) atoms. The summed E-state index contributed by atoms with van der Waals surface area (Å²) in [4.78, 5) is 12.1. The second-order valence-electron chi connectivity index (χ2n) is 7.01. The van der Waals surface area contributed by atoms with Crippen molar-refractivity contribution in [1.29, 1.82) is 0 Å². The predicted octanol–water partition coefficient (Wildman–Crippen LogP) is 3.59. The Hall–Kier alpha value is -0.870. The van der Waals surface area contributed by atoms with Crippen molar-refractivity contribution < 1.29 is 4.79 Å². The topological polar surface area (TPSA) is 41.1 Å². The number of carbonyl (C=O) groups is 1. The van der Waals surface area contributed by atoms with Gasteiger partial charge in [-0.3, -0.25) is 4.79 Å². The molecular weight excluding hydrogens is 328 g/mol. The first kappa shape index (κ1) is 16.5. The van der Waals surface area contributed by atoms with Crippen LogP contribution in [0.15, 0.2) is 28.7 Å². The van der Waals surface area contributed by atoms with Crippen molar-refractivity contribution >= 4 is 21.8 Å². The van der Waals surface area contributed by atoms with E-state index >= 15 is 0 Å². The van der Waals surface area contributed by atoms with Crippen LogP contribution in [0.5, 0.6) is 0 Å². The SMILES string of the molecule is CC(NC1CC(c2ccccc2Br)C1)C(=O)NC(C)(C)C. The Labute approximate surface area is 136 Å². The van der Waals surface area contributed by atoms with Gasteiger partial charge in [0.1, 0.15) is 0 Å². The summed E-state index contributed by atoms with van der Waals surface area (Å²) in [5, 5.41) is 6.45. The van der Waals surface area contributed by atoms with Gasteiger partial charge in [-0.25, -0.2) is 0 Å². The highest BCUT2D eigenvalue weighted by Crippen LogP contribution is 2.40. The van der Waals surface area contributed by atoms with Crippen LogP contribution in [0.1, 0.15) is 52.0 Å². The van der Waals surface area contributed by atoms with Crippen molar-refractivity contribution in [2.75, 3.05) is 0 Å². The van der Waals surface area contributed by atoms with Gasteiger partial charge in [-0.15, -0.1) is 0 Å². The van der Waals surface area contributed by atoms with Gasteiger partial charge in [-0.1, -0.05) is 34.1 Å². The summed E-state index contributed by atoms with van der Waals surface area (Å²) in [6.45, 7) is 7.95. The van der Waals surface area contributed by atoms with Crippen LogP contribution in [0.4, 0.5) is 0 Å². The molecule has 0 bridgehead atoms. The lowest BCUT2D eigenvalue weighted by Gasteiger charge is -2.38. The van der Waals surface area contributed by atoms with E-state index in [1.807, 2.05) is 33.8 Å². The summed E-state index contributed by atoms with van der Waals surface area (Å²) < 4.78 is 1.19.